The predicted molar refractivity (Wildman–Crippen MR) is 85.7 cm³/mol. The van der Waals surface area contributed by atoms with Crippen LogP contribution in [0.2, 0.25) is 5.02 Å². The van der Waals surface area contributed by atoms with Crippen LogP contribution in [-0.2, 0) is 6.42 Å². The molecule has 0 radical (unpaired) electrons. The van der Waals surface area contributed by atoms with E-state index in [0.717, 1.165) is 16.5 Å². The van der Waals surface area contributed by atoms with E-state index in [-0.39, 0.29) is 6.04 Å². The van der Waals surface area contributed by atoms with Crippen molar-refractivity contribution in [2.75, 3.05) is 0 Å². The number of nitrogens with two attached hydrogens (primary N) is 1. The number of hydrogen-bond donors (Lipinski definition) is 1. The van der Waals surface area contributed by atoms with Crippen LogP contribution in [0.15, 0.2) is 40.9 Å². The molecule has 2 aromatic carbocycles. The van der Waals surface area contributed by atoms with Gasteiger partial charge in [0.05, 0.1) is 5.02 Å². The first-order valence-electron chi connectivity index (χ1n) is 6.24. The highest BCUT2D eigenvalue weighted by atomic mass is 79.9. The Labute approximate surface area is 127 Å². The molecule has 0 heterocycles. The molecule has 3 heteroatoms. The lowest BCUT2D eigenvalue weighted by Crippen LogP contribution is -2.13. The second-order valence-corrected chi connectivity index (χ2v) is 6.16. The molecular weight excluding hydrogens is 322 g/mol. The van der Waals surface area contributed by atoms with E-state index in [1.54, 1.807) is 0 Å². The van der Waals surface area contributed by atoms with Gasteiger partial charge >= 0.3 is 0 Å². The van der Waals surface area contributed by atoms with E-state index in [1.165, 1.54) is 16.7 Å². The molecule has 0 saturated carbocycles. The summed E-state index contributed by atoms with van der Waals surface area (Å²) >= 11 is 9.43. The maximum Gasteiger partial charge on any atom is 0.0548 e. The Morgan fingerprint density at radius 2 is 1.84 bits per heavy atom. The van der Waals surface area contributed by atoms with Crippen molar-refractivity contribution in [2.45, 2.75) is 26.3 Å². The fourth-order valence-electron chi connectivity index (χ4n) is 2.05. The third-order valence-electron chi connectivity index (χ3n) is 3.40. The summed E-state index contributed by atoms with van der Waals surface area (Å²) in [7, 11) is 0. The Kier molecular flexibility index (Phi) is 4.67. The highest BCUT2D eigenvalue weighted by Crippen LogP contribution is 2.27. The van der Waals surface area contributed by atoms with Crippen molar-refractivity contribution in [2.24, 2.45) is 5.73 Å². The minimum Gasteiger partial charge on any atom is -0.324 e. The van der Waals surface area contributed by atoms with Crippen LogP contribution < -0.4 is 5.73 Å². The topological polar surface area (TPSA) is 26.0 Å². The molecule has 100 valence electrons. The fourth-order valence-corrected chi connectivity index (χ4v) is 2.56. The normalized spacial score (nSPS) is 12.5. The first-order valence-corrected chi connectivity index (χ1v) is 7.41. The smallest absolute Gasteiger partial charge is 0.0548 e. The molecule has 1 unspecified atom stereocenters. The average molecular weight is 339 g/mol. The maximum absolute atomic E-state index is 6.27. The zero-order valence-electron chi connectivity index (χ0n) is 11.1. The van der Waals surface area contributed by atoms with Gasteiger partial charge in [-0.05, 0) is 70.6 Å². The average Bonchev–Trinajstić information content (AvgIpc) is 2.37. The van der Waals surface area contributed by atoms with Crippen molar-refractivity contribution >= 4 is 27.5 Å². The fraction of sp³-hybridized carbons (Fsp3) is 0.250. The van der Waals surface area contributed by atoms with E-state index >= 15 is 0 Å². The van der Waals surface area contributed by atoms with Gasteiger partial charge in [-0.25, -0.2) is 0 Å². The Morgan fingerprint density at radius 1 is 1.11 bits per heavy atom. The molecule has 1 atom stereocenters. The van der Waals surface area contributed by atoms with E-state index in [4.69, 9.17) is 17.3 Å². The van der Waals surface area contributed by atoms with Gasteiger partial charge in [-0.15, -0.1) is 0 Å². The summed E-state index contributed by atoms with van der Waals surface area (Å²) in [6.07, 6.45) is 0.829. The molecule has 2 N–H and O–H groups in total. The Balaban J connectivity index is 2.17. The second-order valence-electron chi connectivity index (χ2n) is 4.90. The monoisotopic (exact) mass is 337 g/mol. The Morgan fingerprint density at radius 3 is 2.47 bits per heavy atom. The molecule has 0 aliphatic heterocycles. The van der Waals surface area contributed by atoms with Crippen LogP contribution in [0.25, 0.3) is 0 Å². The standard InChI is InChI=1S/C16H17BrClN/c1-10-3-4-12(7-11(10)2)8-16(19)13-5-6-15(18)14(17)9-13/h3-7,9,16H,8,19H2,1-2H3. The summed E-state index contributed by atoms with van der Waals surface area (Å²) in [6, 6.07) is 12.3. The molecule has 0 amide bonds. The van der Waals surface area contributed by atoms with Crippen molar-refractivity contribution in [3.05, 3.63) is 68.1 Å². The largest absolute Gasteiger partial charge is 0.324 e. The van der Waals surface area contributed by atoms with Crippen molar-refractivity contribution in [3.8, 4) is 0 Å². The first kappa shape index (κ1) is 14.6. The zero-order valence-corrected chi connectivity index (χ0v) is 13.4. The van der Waals surface area contributed by atoms with Crippen molar-refractivity contribution in [1.82, 2.24) is 0 Å². The maximum atomic E-state index is 6.27. The summed E-state index contributed by atoms with van der Waals surface area (Å²) in [4.78, 5) is 0. The zero-order chi connectivity index (χ0) is 14.0. The number of rotatable bonds is 3. The van der Waals surface area contributed by atoms with Crippen LogP contribution in [0.4, 0.5) is 0 Å². The van der Waals surface area contributed by atoms with Gasteiger partial charge in [-0.3, -0.25) is 0 Å². The van der Waals surface area contributed by atoms with Crippen LogP contribution in [0.5, 0.6) is 0 Å². The lowest BCUT2D eigenvalue weighted by atomic mass is 9.97. The van der Waals surface area contributed by atoms with Gasteiger partial charge in [0.2, 0.25) is 0 Å². The third kappa shape index (κ3) is 3.59. The van der Waals surface area contributed by atoms with E-state index in [1.807, 2.05) is 18.2 Å². The summed E-state index contributed by atoms with van der Waals surface area (Å²) in [5.74, 6) is 0. The summed E-state index contributed by atoms with van der Waals surface area (Å²) in [5, 5.41) is 0.710. The highest BCUT2D eigenvalue weighted by Gasteiger charge is 2.09. The van der Waals surface area contributed by atoms with Gasteiger partial charge < -0.3 is 5.73 Å². The van der Waals surface area contributed by atoms with Gasteiger partial charge in [-0.1, -0.05) is 35.9 Å². The number of halogens is 2. The third-order valence-corrected chi connectivity index (χ3v) is 4.61. The molecule has 19 heavy (non-hydrogen) atoms. The summed E-state index contributed by atoms with van der Waals surface area (Å²) < 4.78 is 0.891. The van der Waals surface area contributed by atoms with Crippen molar-refractivity contribution in [3.63, 3.8) is 0 Å². The van der Waals surface area contributed by atoms with Crippen molar-refractivity contribution in [1.29, 1.82) is 0 Å². The number of benzene rings is 2. The molecule has 2 rings (SSSR count). The van der Waals surface area contributed by atoms with Gasteiger partial charge in [0.15, 0.2) is 0 Å². The summed E-state index contributed by atoms with van der Waals surface area (Å²) in [6.45, 7) is 4.25. The van der Waals surface area contributed by atoms with Gasteiger partial charge in [-0.2, -0.15) is 0 Å². The lowest BCUT2D eigenvalue weighted by molar-refractivity contribution is 0.721. The summed E-state index contributed by atoms with van der Waals surface area (Å²) in [5.41, 5.74) is 11.2. The number of hydrogen-bond acceptors (Lipinski definition) is 1. The molecule has 0 aliphatic carbocycles. The predicted octanol–water partition coefficient (Wildman–Crippen LogP) is 4.96. The molecule has 0 aromatic heterocycles. The van der Waals surface area contributed by atoms with Gasteiger partial charge in [0.1, 0.15) is 0 Å². The van der Waals surface area contributed by atoms with Crippen LogP contribution in [0.1, 0.15) is 28.3 Å². The quantitative estimate of drug-likeness (QED) is 0.841. The van der Waals surface area contributed by atoms with Crippen molar-refractivity contribution < 1.29 is 0 Å². The molecule has 0 saturated heterocycles. The highest BCUT2D eigenvalue weighted by molar-refractivity contribution is 9.10. The van der Waals surface area contributed by atoms with E-state index < -0.39 is 0 Å². The molecule has 1 nitrogen and oxygen atoms in total. The van der Waals surface area contributed by atoms with Crippen LogP contribution in [-0.4, -0.2) is 0 Å². The number of aryl methyl sites for hydroxylation is 2. The minimum absolute atomic E-state index is 0.0179. The van der Waals surface area contributed by atoms with Crippen LogP contribution in [0.3, 0.4) is 0 Å². The molecular formula is C16H17BrClN. The Bertz CT molecular complexity index is 595. The molecule has 0 aliphatic rings. The molecule has 2 aromatic rings. The van der Waals surface area contributed by atoms with E-state index in [0.29, 0.717) is 5.02 Å². The van der Waals surface area contributed by atoms with E-state index in [9.17, 15) is 0 Å². The van der Waals surface area contributed by atoms with E-state index in [2.05, 4.69) is 48.0 Å². The molecule has 0 fully saturated rings. The lowest BCUT2D eigenvalue weighted by Gasteiger charge is -2.14. The second kappa shape index (κ2) is 6.08. The Hall–Kier alpha value is -0.830. The molecule has 0 spiro atoms. The molecule has 0 bridgehead atoms. The minimum atomic E-state index is -0.0179. The van der Waals surface area contributed by atoms with Crippen LogP contribution >= 0.6 is 27.5 Å². The first-order chi connectivity index (χ1) is 8.97. The van der Waals surface area contributed by atoms with Crippen LogP contribution in [0, 0.1) is 13.8 Å². The van der Waals surface area contributed by atoms with Gasteiger partial charge in [0, 0.05) is 10.5 Å². The SMILES string of the molecule is Cc1ccc(CC(N)c2ccc(Cl)c(Br)c2)cc1C. The van der Waals surface area contributed by atoms with Gasteiger partial charge in [0.25, 0.3) is 0 Å².